The van der Waals surface area contributed by atoms with Crippen LogP contribution in [0.2, 0.25) is 0 Å². The van der Waals surface area contributed by atoms with Gasteiger partial charge in [-0.2, -0.15) is 4.31 Å². The molecule has 130 valence electrons. The van der Waals surface area contributed by atoms with Crippen LogP contribution in [0.5, 0.6) is 0 Å². The molecular formula is C16H21N3O3S2. The van der Waals surface area contributed by atoms with Crippen molar-refractivity contribution < 1.29 is 13.2 Å². The summed E-state index contributed by atoms with van der Waals surface area (Å²) in [6, 6.07) is 6.77. The molecule has 0 fully saturated rings. The molecule has 0 aliphatic rings. The Morgan fingerprint density at radius 2 is 2.08 bits per heavy atom. The van der Waals surface area contributed by atoms with Gasteiger partial charge in [0.15, 0.2) is 0 Å². The number of thiophene rings is 1. The van der Waals surface area contributed by atoms with Gasteiger partial charge in [0.05, 0.1) is 12.6 Å². The van der Waals surface area contributed by atoms with Crippen molar-refractivity contribution in [2.75, 3.05) is 13.6 Å². The van der Waals surface area contributed by atoms with Crippen LogP contribution in [-0.4, -0.2) is 37.2 Å². The lowest BCUT2D eigenvalue weighted by atomic mass is 10.0. The highest BCUT2D eigenvalue weighted by molar-refractivity contribution is 7.89. The van der Waals surface area contributed by atoms with E-state index in [1.165, 1.54) is 25.5 Å². The number of nitrogens with zero attached hydrogens (tertiary/aromatic N) is 2. The highest BCUT2D eigenvalue weighted by atomic mass is 32.2. The molecule has 0 aromatic carbocycles. The number of carbonyl (C=O) groups is 1. The quantitative estimate of drug-likeness (QED) is 0.814. The summed E-state index contributed by atoms with van der Waals surface area (Å²) in [6.07, 6.45) is 2.77. The summed E-state index contributed by atoms with van der Waals surface area (Å²) >= 11 is 1.57. The third-order valence-electron chi connectivity index (χ3n) is 3.54. The van der Waals surface area contributed by atoms with Gasteiger partial charge in [-0.25, -0.2) is 8.42 Å². The lowest BCUT2D eigenvalue weighted by Crippen LogP contribution is -2.40. The largest absolute Gasteiger partial charge is 0.347 e. The number of amides is 1. The summed E-state index contributed by atoms with van der Waals surface area (Å²) in [5.41, 5.74) is 0. The van der Waals surface area contributed by atoms with Crippen LogP contribution in [-0.2, 0) is 14.8 Å². The van der Waals surface area contributed by atoms with Gasteiger partial charge in [0.2, 0.25) is 15.9 Å². The molecule has 2 aromatic heterocycles. The Hall–Kier alpha value is -1.77. The zero-order chi connectivity index (χ0) is 17.7. The van der Waals surface area contributed by atoms with Crippen molar-refractivity contribution in [3.8, 4) is 0 Å². The Morgan fingerprint density at radius 1 is 1.33 bits per heavy atom. The van der Waals surface area contributed by atoms with Crippen molar-refractivity contribution in [2.24, 2.45) is 5.92 Å². The van der Waals surface area contributed by atoms with Crippen LogP contribution in [0.25, 0.3) is 0 Å². The highest BCUT2D eigenvalue weighted by Gasteiger charge is 2.25. The minimum absolute atomic E-state index is 0.0685. The predicted molar refractivity (Wildman–Crippen MR) is 94.1 cm³/mol. The molecule has 8 heteroatoms. The lowest BCUT2D eigenvalue weighted by Gasteiger charge is -2.23. The molecule has 2 heterocycles. The number of sulfonamides is 1. The summed E-state index contributed by atoms with van der Waals surface area (Å²) < 4.78 is 25.9. The number of hydrogen-bond donors (Lipinski definition) is 1. The van der Waals surface area contributed by atoms with Gasteiger partial charge < -0.3 is 5.32 Å². The summed E-state index contributed by atoms with van der Waals surface area (Å²) in [5, 5.41) is 4.88. The van der Waals surface area contributed by atoms with Gasteiger partial charge in [-0.3, -0.25) is 9.78 Å². The molecule has 6 nitrogen and oxygen atoms in total. The minimum Gasteiger partial charge on any atom is -0.347 e. The molecule has 2 rings (SSSR count). The van der Waals surface area contributed by atoms with Gasteiger partial charge in [-0.15, -0.1) is 11.3 Å². The van der Waals surface area contributed by atoms with Crippen molar-refractivity contribution in [1.29, 1.82) is 0 Å². The fourth-order valence-corrected chi connectivity index (χ4v) is 4.26. The Bertz CT molecular complexity index is 759. The van der Waals surface area contributed by atoms with Gasteiger partial charge >= 0.3 is 0 Å². The van der Waals surface area contributed by atoms with E-state index in [1.54, 1.807) is 17.4 Å². The molecule has 1 amide bonds. The molecule has 24 heavy (non-hydrogen) atoms. The van der Waals surface area contributed by atoms with Crippen LogP contribution in [0.15, 0.2) is 46.9 Å². The number of nitrogens with one attached hydrogen (secondary N) is 1. The van der Waals surface area contributed by atoms with Crippen LogP contribution in [0.3, 0.4) is 0 Å². The molecule has 0 saturated heterocycles. The standard InChI is InChI=1S/C16H21N3O3S2/c1-12(2)16(14-7-5-9-23-14)18-15(20)11-19(3)24(21,22)13-6-4-8-17-10-13/h4-10,12,16H,11H2,1-3H3,(H,18,20). The first-order valence-electron chi connectivity index (χ1n) is 7.51. The lowest BCUT2D eigenvalue weighted by molar-refractivity contribution is -0.122. The zero-order valence-electron chi connectivity index (χ0n) is 13.8. The second-order valence-corrected chi connectivity index (χ2v) is 8.78. The van der Waals surface area contributed by atoms with Gasteiger partial charge in [-0.1, -0.05) is 19.9 Å². The van der Waals surface area contributed by atoms with Crippen LogP contribution in [0, 0.1) is 5.92 Å². The molecular weight excluding hydrogens is 346 g/mol. The van der Waals surface area contributed by atoms with Crippen LogP contribution < -0.4 is 5.32 Å². The van der Waals surface area contributed by atoms with Crippen LogP contribution >= 0.6 is 11.3 Å². The van der Waals surface area contributed by atoms with Gasteiger partial charge in [-0.05, 0) is 29.5 Å². The van der Waals surface area contributed by atoms with Crippen LogP contribution in [0.1, 0.15) is 24.8 Å². The third kappa shape index (κ3) is 4.40. The van der Waals surface area contributed by atoms with Crippen molar-refractivity contribution >= 4 is 27.3 Å². The number of pyridine rings is 1. The molecule has 2 aromatic rings. The fraction of sp³-hybridized carbons (Fsp3) is 0.375. The summed E-state index contributed by atoms with van der Waals surface area (Å²) in [6.45, 7) is 3.79. The number of aromatic nitrogens is 1. The normalized spacial score (nSPS) is 13.2. The van der Waals surface area contributed by atoms with Crippen molar-refractivity contribution in [2.45, 2.75) is 24.8 Å². The van der Waals surface area contributed by atoms with E-state index in [2.05, 4.69) is 10.3 Å². The molecule has 1 unspecified atom stereocenters. The highest BCUT2D eigenvalue weighted by Crippen LogP contribution is 2.25. The third-order valence-corrected chi connectivity index (χ3v) is 6.28. The van der Waals surface area contributed by atoms with E-state index in [0.717, 1.165) is 9.18 Å². The number of rotatable bonds is 7. The molecule has 0 bridgehead atoms. The second-order valence-electron chi connectivity index (χ2n) is 5.75. The number of hydrogen-bond acceptors (Lipinski definition) is 5. The Kier molecular flexibility index (Phi) is 6.09. The maximum absolute atomic E-state index is 12.4. The van der Waals surface area contributed by atoms with Crippen molar-refractivity contribution in [3.05, 3.63) is 46.9 Å². The first-order valence-corrected chi connectivity index (χ1v) is 9.83. The van der Waals surface area contributed by atoms with E-state index in [0.29, 0.717) is 0 Å². The zero-order valence-corrected chi connectivity index (χ0v) is 15.5. The monoisotopic (exact) mass is 367 g/mol. The topological polar surface area (TPSA) is 79.4 Å². The molecule has 1 atom stereocenters. The molecule has 0 aliphatic heterocycles. The molecule has 0 spiro atoms. The predicted octanol–water partition coefficient (Wildman–Crippen LogP) is 2.28. The van der Waals surface area contributed by atoms with Crippen LogP contribution in [0.4, 0.5) is 0 Å². The first kappa shape index (κ1) is 18.6. The maximum atomic E-state index is 12.4. The second kappa shape index (κ2) is 7.87. The average Bonchev–Trinajstić information content (AvgIpc) is 3.07. The van der Waals surface area contributed by atoms with Crippen molar-refractivity contribution in [1.82, 2.24) is 14.6 Å². The van der Waals surface area contributed by atoms with E-state index in [4.69, 9.17) is 0 Å². The minimum atomic E-state index is -3.73. The molecule has 0 saturated carbocycles. The van der Waals surface area contributed by atoms with E-state index < -0.39 is 10.0 Å². The summed E-state index contributed by atoms with van der Waals surface area (Å²) in [5.74, 6) is -0.134. The van der Waals surface area contributed by atoms with E-state index >= 15 is 0 Å². The summed E-state index contributed by atoms with van der Waals surface area (Å²) in [4.78, 5) is 17.2. The van der Waals surface area contributed by atoms with Gasteiger partial charge in [0.25, 0.3) is 0 Å². The van der Waals surface area contributed by atoms with E-state index in [9.17, 15) is 13.2 Å². The Morgan fingerprint density at radius 3 is 2.62 bits per heavy atom. The fourth-order valence-electron chi connectivity index (χ4n) is 2.22. The van der Waals surface area contributed by atoms with Gasteiger partial charge in [0, 0.05) is 24.3 Å². The maximum Gasteiger partial charge on any atom is 0.244 e. The van der Waals surface area contributed by atoms with Gasteiger partial charge in [0.1, 0.15) is 4.90 Å². The Labute approximate surface area is 146 Å². The smallest absolute Gasteiger partial charge is 0.244 e. The number of likely N-dealkylation sites (N-methyl/N-ethyl adjacent to an activating group) is 1. The molecule has 0 radical (unpaired) electrons. The summed E-state index contributed by atoms with van der Waals surface area (Å²) in [7, 11) is -2.34. The SMILES string of the molecule is CC(C)C(NC(=O)CN(C)S(=O)(=O)c1cccnc1)c1cccs1. The van der Waals surface area contributed by atoms with Crippen molar-refractivity contribution in [3.63, 3.8) is 0 Å². The molecule has 1 N–H and O–H groups in total. The first-order chi connectivity index (χ1) is 11.3. The average molecular weight is 367 g/mol. The Balaban J connectivity index is 2.06. The molecule has 0 aliphatic carbocycles. The number of carbonyl (C=O) groups excluding carboxylic acids is 1. The van der Waals surface area contributed by atoms with E-state index in [-0.39, 0.29) is 29.3 Å². The van der Waals surface area contributed by atoms with E-state index in [1.807, 2.05) is 31.4 Å².